The van der Waals surface area contributed by atoms with Crippen molar-refractivity contribution in [3.63, 3.8) is 0 Å². The molecule has 0 unspecified atom stereocenters. The Balaban J connectivity index is 0.00000121. The number of benzene rings is 2. The summed E-state index contributed by atoms with van der Waals surface area (Å²) in [5.74, 6) is 0.516. The van der Waals surface area contributed by atoms with Gasteiger partial charge in [0.25, 0.3) is 0 Å². The second kappa shape index (κ2) is 14.7. The third-order valence-electron chi connectivity index (χ3n) is 7.21. The number of imidazole rings is 1. The Morgan fingerprint density at radius 2 is 1.53 bits per heavy atom. The van der Waals surface area contributed by atoms with Crippen molar-refractivity contribution in [3.8, 4) is 17.1 Å². The fourth-order valence-electron chi connectivity index (χ4n) is 4.59. The van der Waals surface area contributed by atoms with E-state index in [1.54, 1.807) is 32.0 Å². The van der Waals surface area contributed by atoms with Crippen LogP contribution >= 0.6 is 23.2 Å². The number of nitrogens with two attached hydrogens (primary N) is 1. The number of hydrogen-bond donors (Lipinski definition) is 2. The Bertz CT molecular complexity index is 1560. The zero-order valence-corrected chi connectivity index (χ0v) is 27.4. The first kappa shape index (κ1) is 33.8. The van der Waals surface area contributed by atoms with Gasteiger partial charge in [0.15, 0.2) is 17.0 Å². The highest BCUT2D eigenvalue weighted by molar-refractivity contribution is 6.33. The molecule has 1 fully saturated rings. The van der Waals surface area contributed by atoms with Crippen LogP contribution in [0.5, 0.6) is 0 Å². The molecule has 5 rings (SSSR count). The summed E-state index contributed by atoms with van der Waals surface area (Å²) in [7, 11) is 0. The largest absolute Gasteiger partial charge is 0.369 e. The van der Waals surface area contributed by atoms with Gasteiger partial charge in [-0.05, 0) is 49.2 Å². The minimum Gasteiger partial charge on any atom is -0.369 e. The van der Waals surface area contributed by atoms with Crippen molar-refractivity contribution in [3.05, 3.63) is 58.6 Å². The second-order valence-electron chi connectivity index (χ2n) is 10.3. The summed E-state index contributed by atoms with van der Waals surface area (Å²) >= 11 is 12.8. The summed E-state index contributed by atoms with van der Waals surface area (Å²) in [6.07, 6.45) is 1.13. The second-order valence-corrected chi connectivity index (χ2v) is 11.2. The Morgan fingerprint density at radius 3 is 2.09 bits per heavy atom. The molecule has 1 aliphatic rings. The van der Waals surface area contributed by atoms with Crippen LogP contribution in [0, 0.1) is 11.3 Å². The van der Waals surface area contributed by atoms with Crippen molar-refractivity contribution in [2.24, 2.45) is 17.1 Å². The molecule has 0 aliphatic carbocycles. The number of nitrogens with zero attached hydrogens (tertiary/aromatic N) is 5. The van der Waals surface area contributed by atoms with Crippen molar-refractivity contribution in [1.82, 2.24) is 19.5 Å². The van der Waals surface area contributed by atoms with Crippen LogP contribution in [0.15, 0.2) is 48.5 Å². The number of aromatic nitrogens is 4. The predicted molar refractivity (Wildman–Crippen MR) is 177 cm³/mol. The maximum absolute atomic E-state index is 12.6. The summed E-state index contributed by atoms with van der Waals surface area (Å²) in [5.41, 5.74) is 7.62. The van der Waals surface area contributed by atoms with Crippen LogP contribution < -0.4 is 16.0 Å². The lowest BCUT2D eigenvalue weighted by atomic mass is 9.80. The Morgan fingerprint density at radius 1 is 0.930 bits per heavy atom. The topological polar surface area (TPSA) is 119 Å². The molecule has 0 bridgehead atoms. The lowest BCUT2D eigenvalue weighted by Crippen LogP contribution is -2.45. The van der Waals surface area contributed by atoms with Gasteiger partial charge < -0.3 is 10.6 Å². The number of nitrogens with one attached hydrogen (secondary N) is 1. The van der Waals surface area contributed by atoms with Crippen molar-refractivity contribution >= 4 is 57.9 Å². The summed E-state index contributed by atoms with van der Waals surface area (Å²) in [5, 5.41) is 3.97. The monoisotopic (exact) mass is 625 g/mol. The molecule has 0 atom stereocenters. The molecular weight excluding hydrogens is 585 g/mol. The highest BCUT2D eigenvalue weighted by atomic mass is 35.5. The van der Waals surface area contributed by atoms with Crippen LogP contribution in [-0.2, 0) is 9.59 Å². The number of rotatable bonds is 6. The minimum atomic E-state index is -0.595. The highest BCUT2D eigenvalue weighted by Crippen LogP contribution is 2.38. The van der Waals surface area contributed by atoms with Gasteiger partial charge in [0.1, 0.15) is 5.82 Å². The molecular formula is C32H41Cl2N7O2. The van der Waals surface area contributed by atoms with Gasteiger partial charge >= 0.3 is 0 Å². The predicted octanol–water partition coefficient (Wildman–Crippen LogP) is 7.53. The Kier molecular flexibility index (Phi) is 11.5. The lowest BCUT2D eigenvalue weighted by molar-refractivity contribution is -0.127. The zero-order valence-electron chi connectivity index (χ0n) is 25.9. The molecule has 11 heteroatoms. The number of carbonyl (C=O) groups excluding carboxylic acids is 2. The average Bonchev–Trinajstić information content (AvgIpc) is 3.39. The molecule has 43 heavy (non-hydrogen) atoms. The Labute approximate surface area is 263 Å². The average molecular weight is 627 g/mol. The van der Waals surface area contributed by atoms with E-state index in [-0.39, 0.29) is 23.7 Å². The maximum atomic E-state index is 12.6. The number of fused-ring (bicyclic) bond motifs is 1. The molecule has 2 aromatic carbocycles. The van der Waals surface area contributed by atoms with Crippen LogP contribution in [0.1, 0.15) is 61.3 Å². The van der Waals surface area contributed by atoms with E-state index in [1.165, 1.54) is 0 Å². The number of carbonyl (C=O) groups is 2. The molecule has 9 nitrogen and oxygen atoms in total. The van der Waals surface area contributed by atoms with Crippen LogP contribution in [0.4, 0.5) is 11.8 Å². The summed E-state index contributed by atoms with van der Waals surface area (Å²) in [4.78, 5) is 41.3. The Hall–Kier alpha value is -3.69. The molecule has 0 radical (unpaired) electrons. The van der Waals surface area contributed by atoms with E-state index in [0.717, 1.165) is 5.69 Å². The SMILES string of the molecule is CC.CC.CC(C)C(=O)Nc1nc(N2CCC(C)(C(N)=O)CC2)c2nc(-c3ccccc3Cl)n(-c3ccc(Cl)cc3)c2n1. The van der Waals surface area contributed by atoms with E-state index >= 15 is 0 Å². The molecule has 1 aliphatic heterocycles. The zero-order chi connectivity index (χ0) is 31.9. The standard InChI is InChI=1S/C28H29Cl2N7O2.2C2H6/c1-16(2)25(38)35-27-33-23(36-14-12-28(3,13-15-36)26(31)39)21-24(34-27)37(18-10-8-17(29)9-11-18)22(32-21)19-6-4-5-7-20(19)30;2*1-2/h4-11,16H,12-15H2,1-3H3,(H2,31,39)(H,33,34,35,38);2*1-2H3. The van der Waals surface area contributed by atoms with Crippen molar-refractivity contribution in [1.29, 1.82) is 0 Å². The number of primary amides is 1. The minimum absolute atomic E-state index is 0.167. The molecule has 0 saturated carbocycles. The summed E-state index contributed by atoms with van der Waals surface area (Å²) in [6, 6.07) is 14.8. The lowest BCUT2D eigenvalue weighted by Gasteiger charge is -2.37. The van der Waals surface area contributed by atoms with Crippen LogP contribution in [0.2, 0.25) is 10.0 Å². The van der Waals surface area contributed by atoms with Gasteiger partial charge in [-0.25, -0.2) is 4.98 Å². The molecule has 4 aromatic rings. The van der Waals surface area contributed by atoms with Gasteiger partial charge in [-0.15, -0.1) is 0 Å². The number of piperidine rings is 1. The first-order valence-electron chi connectivity index (χ1n) is 14.7. The maximum Gasteiger partial charge on any atom is 0.233 e. The fraction of sp³-hybridized carbons (Fsp3) is 0.406. The first-order chi connectivity index (χ1) is 20.6. The summed E-state index contributed by atoms with van der Waals surface area (Å²) < 4.78 is 1.89. The summed E-state index contributed by atoms with van der Waals surface area (Å²) in [6.45, 7) is 14.6. The quantitative estimate of drug-likeness (QED) is 0.228. The van der Waals surface area contributed by atoms with E-state index in [1.807, 2.05) is 69.5 Å². The first-order valence-corrected chi connectivity index (χ1v) is 15.5. The fourth-order valence-corrected chi connectivity index (χ4v) is 4.94. The molecule has 2 amide bonds. The normalized spacial score (nSPS) is 14.0. The van der Waals surface area contributed by atoms with Crippen molar-refractivity contribution < 1.29 is 9.59 Å². The van der Waals surface area contributed by atoms with Crippen LogP contribution in [0.3, 0.4) is 0 Å². The van der Waals surface area contributed by atoms with Gasteiger partial charge in [0.05, 0.1) is 5.02 Å². The number of halogens is 2. The number of hydrogen-bond acceptors (Lipinski definition) is 6. The molecule has 3 N–H and O–H groups in total. The third-order valence-corrected chi connectivity index (χ3v) is 7.79. The smallest absolute Gasteiger partial charge is 0.233 e. The van der Waals surface area contributed by atoms with Gasteiger partial charge in [-0.3, -0.25) is 19.5 Å². The van der Waals surface area contributed by atoms with Crippen LogP contribution in [0.25, 0.3) is 28.2 Å². The van der Waals surface area contributed by atoms with E-state index in [0.29, 0.717) is 64.3 Å². The molecule has 0 spiro atoms. The third kappa shape index (κ3) is 7.28. The van der Waals surface area contributed by atoms with E-state index in [2.05, 4.69) is 10.2 Å². The molecule has 2 aromatic heterocycles. The molecule has 230 valence electrons. The van der Waals surface area contributed by atoms with Gasteiger partial charge in [0.2, 0.25) is 17.8 Å². The van der Waals surface area contributed by atoms with E-state index < -0.39 is 5.41 Å². The van der Waals surface area contributed by atoms with Gasteiger partial charge in [0, 0.05) is 40.7 Å². The van der Waals surface area contributed by atoms with Gasteiger partial charge in [-0.1, -0.05) is 83.8 Å². The highest BCUT2D eigenvalue weighted by Gasteiger charge is 2.37. The molecule has 3 heterocycles. The number of amides is 2. The number of anilines is 2. The van der Waals surface area contributed by atoms with Crippen LogP contribution in [-0.4, -0.2) is 44.4 Å². The molecule has 1 saturated heterocycles. The van der Waals surface area contributed by atoms with Crippen molar-refractivity contribution in [2.45, 2.75) is 61.3 Å². The van der Waals surface area contributed by atoms with Crippen molar-refractivity contribution in [2.75, 3.05) is 23.3 Å². The van der Waals surface area contributed by atoms with E-state index in [9.17, 15) is 9.59 Å². The van der Waals surface area contributed by atoms with E-state index in [4.69, 9.17) is 43.9 Å². The van der Waals surface area contributed by atoms with Gasteiger partial charge in [-0.2, -0.15) is 9.97 Å².